The van der Waals surface area contributed by atoms with Crippen LogP contribution in [0, 0.1) is 0 Å². The second-order valence-corrected chi connectivity index (χ2v) is 7.87. The number of hydrazine groups is 1. The number of hydrogen-bond donors (Lipinski definition) is 2. The minimum atomic E-state index is 0.245. The van der Waals surface area contributed by atoms with E-state index >= 15 is 0 Å². The van der Waals surface area contributed by atoms with Crippen LogP contribution in [0.4, 0.5) is 0 Å². The number of nitrogens with zero attached hydrogens (tertiary/aromatic N) is 3. The first-order valence-electron chi connectivity index (χ1n) is 6.71. The quantitative estimate of drug-likeness (QED) is 0.634. The highest BCUT2D eigenvalue weighted by Crippen LogP contribution is 2.33. The third-order valence-corrected chi connectivity index (χ3v) is 6.64. The fourth-order valence-electron chi connectivity index (χ4n) is 2.41. The Labute approximate surface area is 123 Å². The number of thioether (sulfide) groups is 2. The molecular formula is C12H23N5S2. The molecule has 108 valence electrons. The maximum atomic E-state index is 5.78. The molecule has 0 bridgehead atoms. The molecule has 3 N–H and O–H groups in total. The summed E-state index contributed by atoms with van der Waals surface area (Å²) in [6.45, 7) is 6.53. The van der Waals surface area contributed by atoms with Crippen molar-refractivity contribution in [1.29, 1.82) is 0 Å². The molecule has 1 aromatic heterocycles. The Kier molecular flexibility index (Phi) is 5.56. The lowest BCUT2D eigenvalue weighted by Crippen LogP contribution is -2.49. The van der Waals surface area contributed by atoms with Crippen LogP contribution in [0.25, 0.3) is 0 Å². The van der Waals surface area contributed by atoms with E-state index in [0.29, 0.717) is 16.5 Å². The Bertz CT molecular complexity index is 395. The van der Waals surface area contributed by atoms with Gasteiger partial charge in [-0.25, -0.2) is 9.67 Å². The van der Waals surface area contributed by atoms with Crippen molar-refractivity contribution in [2.24, 2.45) is 5.84 Å². The predicted octanol–water partition coefficient (Wildman–Crippen LogP) is 1.47. The zero-order valence-corrected chi connectivity index (χ0v) is 13.4. The van der Waals surface area contributed by atoms with Gasteiger partial charge in [-0.3, -0.25) is 11.3 Å². The predicted molar refractivity (Wildman–Crippen MR) is 83.4 cm³/mol. The largest absolute Gasteiger partial charge is 0.271 e. The van der Waals surface area contributed by atoms with Gasteiger partial charge in [0.2, 0.25) is 0 Å². The van der Waals surface area contributed by atoms with Crippen molar-refractivity contribution in [3.05, 3.63) is 12.2 Å². The maximum absolute atomic E-state index is 5.78. The fraction of sp³-hybridized carbons (Fsp3) is 0.833. The maximum Gasteiger partial charge on any atom is 0.138 e. The number of aromatic nitrogens is 3. The van der Waals surface area contributed by atoms with Gasteiger partial charge in [-0.15, -0.1) is 0 Å². The molecule has 3 unspecified atom stereocenters. The Morgan fingerprint density at radius 2 is 2.21 bits per heavy atom. The lowest BCUT2D eigenvalue weighted by Gasteiger charge is -2.34. The van der Waals surface area contributed by atoms with Gasteiger partial charge < -0.3 is 0 Å². The summed E-state index contributed by atoms with van der Waals surface area (Å²) in [5, 5.41) is 5.44. The molecule has 2 heterocycles. The lowest BCUT2D eigenvalue weighted by atomic mass is 10.1. The third kappa shape index (κ3) is 3.65. The molecule has 0 saturated carbocycles. The van der Waals surface area contributed by atoms with E-state index in [1.54, 1.807) is 6.33 Å². The van der Waals surface area contributed by atoms with E-state index in [4.69, 9.17) is 5.84 Å². The molecule has 3 atom stereocenters. The first kappa shape index (κ1) is 15.2. The van der Waals surface area contributed by atoms with Crippen molar-refractivity contribution < 1.29 is 0 Å². The van der Waals surface area contributed by atoms with Crippen LogP contribution in [0.15, 0.2) is 6.33 Å². The molecule has 1 aliphatic heterocycles. The summed E-state index contributed by atoms with van der Waals surface area (Å²) in [7, 11) is 0. The van der Waals surface area contributed by atoms with Gasteiger partial charge in [0, 0.05) is 40.5 Å². The van der Waals surface area contributed by atoms with Crippen molar-refractivity contribution in [1.82, 2.24) is 20.2 Å². The number of nitrogens with two attached hydrogens (primary N) is 1. The molecule has 19 heavy (non-hydrogen) atoms. The van der Waals surface area contributed by atoms with E-state index in [0.717, 1.165) is 12.2 Å². The summed E-state index contributed by atoms with van der Waals surface area (Å²) >= 11 is 4.05. The van der Waals surface area contributed by atoms with Crippen LogP contribution in [0.3, 0.4) is 0 Å². The van der Waals surface area contributed by atoms with E-state index in [-0.39, 0.29) is 6.04 Å². The average molecular weight is 301 g/mol. The molecular weight excluding hydrogens is 278 g/mol. The van der Waals surface area contributed by atoms with Crippen LogP contribution >= 0.6 is 23.5 Å². The molecule has 0 spiro atoms. The fourth-order valence-corrected chi connectivity index (χ4v) is 5.35. The first-order valence-corrected chi connectivity index (χ1v) is 8.81. The molecule has 7 heteroatoms. The van der Waals surface area contributed by atoms with Crippen molar-refractivity contribution in [3.63, 3.8) is 0 Å². The van der Waals surface area contributed by atoms with Gasteiger partial charge in [0.15, 0.2) is 0 Å². The summed E-state index contributed by atoms with van der Waals surface area (Å²) < 4.78 is 1.98. The third-order valence-electron chi connectivity index (χ3n) is 3.39. The summed E-state index contributed by atoms with van der Waals surface area (Å²) in [5.41, 5.74) is 2.99. The summed E-state index contributed by atoms with van der Waals surface area (Å²) in [5.74, 6) is 9.23. The van der Waals surface area contributed by atoms with E-state index < -0.39 is 0 Å². The van der Waals surface area contributed by atoms with Crippen LogP contribution in [-0.2, 0) is 6.42 Å². The Morgan fingerprint density at radius 1 is 1.47 bits per heavy atom. The first-order chi connectivity index (χ1) is 9.13. The lowest BCUT2D eigenvalue weighted by molar-refractivity contribution is 0.450. The monoisotopic (exact) mass is 301 g/mol. The van der Waals surface area contributed by atoms with Gasteiger partial charge in [-0.1, -0.05) is 6.92 Å². The highest BCUT2D eigenvalue weighted by atomic mass is 32.2. The minimum absolute atomic E-state index is 0.245. The van der Waals surface area contributed by atoms with Gasteiger partial charge in [-0.05, 0) is 13.8 Å². The molecule has 0 aliphatic carbocycles. The van der Waals surface area contributed by atoms with Gasteiger partial charge in [0.05, 0.1) is 0 Å². The summed E-state index contributed by atoms with van der Waals surface area (Å²) in [4.78, 5) is 4.39. The van der Waals surface area contributed by atoms with Crippen LogP contribution in [0.5, 0.6) is 0 Å². The molecule has 1 fully saturated rings. The van der Waals surface area contributed by atoms with Crippen LogP contribution < -0.4 is 11.3 Å². The second-order valence-electron chi connectivity index (χ2n) is 5.10. The Hall–Kier alpha value is -0.240. The number of hydrogen-bond acceptors (Lipinski definition) is 6. The average Bonchev–Trinajstić information content (AvgIpc) is 2.85. The van der Waals surface area contributed by atoms with Gasteiger partial charge >= 0.3 is 0 Å². The molecule has 1 aromatic rings. The Balaban J connectivity index is 2.07. The van der Waals surface area contributed by atoms with Crippen molar-refractivity contribution in [2.75, 3.05) is 11.5 Å². The van der Waals surface area contributed by atoms with Crippen LogP contribution in [0.2, 0.25) is 0 Å². The molecule has 1 saturated heterocycles. The van der Waals surface area contributed by atoms with Crippen molar-refractivity contribution >= 4 is 23.5 Å². The van der Waals surface area contributed by atoms with Crippen LogP contribution in [-0.4, -0.2) is 42.8 Å². The summed E-state index contributed by atoms with van der Waals surface area (Å²) in [6, 6.07) is 0.580. The van der Waals surface area contributed by atoms with E-state index in [1.807, 2.05) is 28.2 Å². The van der Waals surface area contributed by atoms with E-state index in [2.05, 4.69) is 36.3 Å². The minimum Gasteiger partial charge on any atom is -0.271 e. The van der Waals surface area contributed by atoms with Gasteiger partial charge in [0.25, 0.3) is 0 Å². The van der Waals surface area contributed by atoms with Crippen LogP contribution in [0.1, 0.15) is 32.6 Å². The van der Waals surface area contributed by atoms with E-state index in [9.17, 15) is 0 Å². The number of rotatable bonds is 5. The van der Waals surface area contributed by atoms with E-state index in [1.165, 1.54) is 11.5 Å². The molecule has 1 aliphatic rings. The molecule has 2 rings (SSSR count). The molecule has 0 radical (unpaired) electrons. The smallest absolute Gasteiger partial charge is 0.138 e. The van der Waals surface area contributed by atoms with Crippen molar-refractivity contribution in [2.45, 2.75) is 49.8 Å². The molecule has 5 nitrogen and oxygen atoms in total. The number of nitrogens with one attached hydrogen (secondary N) is 1. The SMILES string of the molecule is CC1SCCSC1C(Cc1ncnn1C(C)C)NN. The zero-order chi connectivity index (χ0) is 13.8. The zero-order valence-electron chi connectivity index (χ0n) is 11.7. The van der Waals surface area contributed by atoms with Gasteiger partial charge in [0.1, 0.15) is 12.2 Å². The Morgan fingerprint density at radius 3 is 2.84 bits per heavy atom. The summed E-state index contributed by atoms with van der Waals surface area (Å²) in [6.07, 6.45) is 2.46. The highest BCUT2D eigenvalue weighted by Gasteiger charge is 2.31. The van der Waals surface area contributed by atoms with Gasteiger partial charge in [-0.2, -0.15) is 28.6 Å². The normalized spacial score (nSPS) is 25.7. The van der Waals surface area contributed by atoms with Crippen molar-refractivity contribution in [3.8, 4) is 0 Å². The highest BCUT2D eigenvalue weighted by molar-refractivity contribution is 8.07. The molecule has 0 amide bonds. The molecule has 0 aromatic carbocycles. The second kappa shape index (κ2) is 6.97. The standard InChI is InChI=1S/C12H23N5S2/c1-8(2)17-11(14-7-15-17)6-10(16-13)12-9(3)18-4-5-19-12/h7-10,12,16H,4-6,13H2,1-3H3. The topological polar surface area (TPSA) is 68.8 Å².